The number of halogens is 3. The smallest absolute Gasteiger partial charge is 0.324 e. The molecule has 0 saturated carbocycles. The summed E-state index contributed by atoms with van der Waals surface area (Å²) in [6, 6.07) is 10.1. The van der Waals surface area contributed by atoms with Gasteiger partial charge in [0.2, 0.25) is 0 Å². The minimum Gasteiger partial charge on any atom is -0.457 e. The molecule has 4 aromatic rings. The van der Waals surface area contributed by atoms with Gasteiger partial charge in [-0.2, -0.15) is 5.10 Å². The quantitative estimate of drug-likeness (QED) is 0.244. The lowest BCUT2D eigenvalue weighted by atomic mass is 10.1. The maximum absolute atomic E-state index is 13.9. The normalized spacial score (nSPS) is 10.9. The average Bonchev–Trinajstić information content (AvgIpc) is 3.20. The van der Waals surface area contributed by atoms with Crippen LogP contribution in [0.3, 0.4) is 0 Å². The second-order valence-electron chi connectivity index (χ2n) is 8.83. The Bertz CT molecular complexity index is 1540. The van der Waals surface area contributed by atoms with Crippen molar-refractivity contribution in [1.29, 1.82) is 0 Å². The number of urea groups is 1. The molecule has 202 valence electrons. The summed E-state index contributed by atoms with van der Waals surface area (Å²) in [5, 5.41) is 12.5. The third kappa shape index (κ3) is 6.32. The van der Waals surface area contributed by atoms with E-state index in [-0.39, 0.29) is 39.7 Å². The second kappa shape index (κ2) is 11.5. The summed E-state index contributed by atoms with van der Waals surface area (Å²) in [5.41, 5.74) is 1.89. The lowest BCUT2D eigenvalue weighted by Crippen LogP contribution is -2.22. The fourth-order valence-electron chi connectivity index (χ4n) is 3.84. The number of hydrogen-bond donors (Lipinski definition) is 3. The SMILES string of the molecule is CNC(=O)c1cc(Oc2ccc(NC(=O)Nc3c(C)c(C(C)C)nn3-c3cc(F)cc(F)c3)c(Cl)c2)ccn1. The van der Waals surface area contributed by atoms with E-state index in [9.17, 15) is 18.4 Å². The Balaban J connectivity index is 1.54. The maximum Gasteiger partial charge on any atom is 0.324 e. The van der Waals surface area contributed by atoms with Crippen molar-refractivity contribution in [2.24, 2.45) is 0 Å². The zero-order valence-electron chi connectivity index (χ0n) is 21.5. The summed E-state index contributed by atoms with van der Waals surface area (Å²) in [6.45, 7) is 5.60. The molecule has 0 aliphatic carbocycles. The number of carbonyl (C=O) groups is 2. The number of ether oxygens (including phenoxy) is 1. The highest BCUT2D eigenvalue weighted by molar-refractivity contribution is 6.34. The Morgan fingerprint density at radius 2 is 1.69 bits per heavy atom. The van der Waals surface area contributed by atoms with Crippen LogP contribution in [0.2, 0.25) is 5.02 Å². The highest BCUT2D eigenvalue weighted by Crippen LogP contribution is 2.31. The fourth-order valence-corrected chi connectivity index (χ4v) is 4.06. The first-order chi connectivity index (χ1) is 18.5. The standard InChI is InChI=1S/C27H25ClF2N6O3/c1-14(2)24-15(3)25(36(35-24)18-10-16(29)9-17(30)11-18)34-27(38)33-22-6-5-19(12-21(22)28)39-20-7-8-32-23(13-20)26(37)31-4/h5-14H,1-4H3,(H,31,37)(H2,33,34,38). The summed E-state index contributed by atoms with van der Waals surface area (Å²) in [4.78, 5) is 28.7. The molecular weight excluding hydrogens is 530 g/mol. The fraction of sp³-hybridized carbons (Fsp3) is 0.185. The van der Waals surface area contributed by atoms with Crippen LogP contribution in [0.25, 0.3) is 5.69 Å². The summed E-state index contributed by atoms with van der Waals surface area (Å²) in [7, 11) is 1.50. The van der Waals surface area contributed by atoms with Gasteiger partial charge >= 0.3 is 6.03 Å². The predicted molar refractivity (Wildman–Crippen MR) is 144 cm³/mol. The molecule has 4 rings (SSSR count). The molecule has 0 aliphatic heterocycles. The monoisotopic (exact) mass is 554 g/mol. The first kappa shape index (κ1) is 27.5. The second-order valence-corrected chi connectivity index (χ2v) is 9.24. The van der Waals surface area contributed by atoms with Crippen LogP contribution >= 0.6 is 11.6 Å². The highest BCUT2D eigenvalue weighted by Gasteiger charge is 2.21. The number of nitrogens with zero attached hydrogens (tertiary/aromatic N) is 3. The van der Waals surface area contributed by atoms with Gasteiger partial charge in [-0.15, -0.1) is 0 Å². The Morgan fingerprint density at radius 3 is 2.33 bits per heavy atom. The molecule has 2 aromatic carbocycles. The van der Waals surface area contributed by atoms with Gasteiger partial charge in [-0.1, -0.05) is 25.4 Å². The Kier molecular flexibility index (Phi) is 8.10. The summed E-state index contributed by atoms with van der Waals surface area (Å²) >= 11 is 6.39. The van der Waals surface area contributed by atoms with Crippen molar-refractivity contribution in [2.75, 3.05) is 17.7 Å². The molecule has 0 fully saturated rings. The van der Waals surface area contributed by atoms with Crippen LogP contribution < -0.4 is 20.7 Å². The molecule has 0 spiro atoms. The topological polar surface area (TPSA) is 110 Å². The third-order valence-corrected chi connectivity index (χ3v) is 5.96. The zero-order chi connectivity index (χ0) is 28.3. The molecule has 2 heterocycles. The molecule has 39 heavy (non-hydrogen) atoms. The number of anilines is 2. The number of rotatable bonds is 7. The molecule has 2 aromatic heterocycles. The van der Waals surface area contributed by atoms with Crippen molar-refractivity contribution < 1.29 is 23.1 Å². The van der Waals surface area contributed by atoms with Crippen molar-refractivity contribution in [3.05, 3.63) is 88.3 Å². The average molecular weight is 555 g/mol. The number of nitrogens with one attached hydrogen (secondary N) is 3. The van der Waals surface area contributed by atoms with E-state index in [4.69, 9.17) is 16.3 Å². The minimum atomic E-state index is -0.773. The van der Waals surface area contributed by atoms with Gasteiger partial charge in [0.25, 0.3) is 5.91 Å². The van der Waals surface area contributed by atoms with Gasteiger partial charge in [-0.25, -0.2) is 18.3 Å². The number of hydrogen-bond acceptors (Lipinski definition) is 5. The molecule has 0 aliphatic rings. The van der Waals surface area contributed by atoms with Gasteiger partial charge < -0.3 is 15.4 Å². The van der Waals surface area contributed by atoms with Crippen LogP contribution in [-0.2, 0) is 0 Å². The number of amides is 3. The molecular formula is C27H25ClF2N6O3. The van der Waals surface area contributed by atoms with Crippen molar-refractivity contribution in [2.45, 2.75) is 26.7 Å². The van der Waals surface area contributed by atoms with E-state index in [1.165, 1.54) is 30.1 Å². The van der Waals surface area contributed by atoms with E-state index in [1.54, 1.807) is 25.1 Å². The molecule has 0 saturated heterocycles. The van der Waals surface area contributed by atoms with Crippen molar-refractivity contribution in [3.63, 3.8) is 0 Å². The molecule has 3 amide bonds. The van der Waals surface area contributed by atoms with Gasteiger partial charge in [-0.3, -0.25) is 15.1 Å². The molecule has 12 heteroatoms. The molecule has 3 N–H and O–H groups in total. The zero-order valence-corrected chi connectivity index (χ0v) is 22.2. The van der Waals surface area contributed by atoms with Gasteiger partial charge in [0.05, 0.1) is 22.1 Å². The number of pyridine rings is 1. The van der Waals surface area contributed by atoms with E-state index >= 15 is 0 Å². The van der Waals surface area contributed by atoms with Crippen molar-refractivity contribution in [1.82, 2.24) is 20.1 Å². The lowest BCUT2D eigenvalue weighted by Gasteiger charge is -2.13. The van der Waals surface area contributed by atoms with E-state index in [1.807, 2.05) is 13.8 Å². The number of benzene rings is 2. The van der Waals surface area contributed by atoms with Crippen LogP contribution in [0.4, 0.5) is 25.1 Å². The molecule has 0 unspecified atom stereocenters. The van der Waals surface area contributed by atoms with E-state index in [0.29, 0.717) is 22.8 Å². The minimum absolute atomic E-state index is 0.0110. The van der Waals surface area contributed by atoms with Crippen molar-refractivity contribution >= 4 is 35.0 Å². The first-order valence-corrected chi connectivity index (χ1v) is 12.2. The van der Waals surface area contributed by atoms with Crippen LogP contribution in [0.15, 0.2) is 54.7 Å². The van der Waals surface area contributed by atoms with E-state index in [2.05, 4.69) is 26.0 Å². The first-order valence-electron chi connectivity index (χ1n) is 11.8. The van der Waals surface area contributed by atoms with E-state index < -0.39 is 17.7 Å². The van der Waals surface area contributed by atoms with Gasteiger partial charge in [0.1, 0.15) is 34.6 Å². The Morgan fingerprint density at radius 1 is 1.00 bits per heavy atom. The van der Waals surface area contributed by atoms with Crippen LogP contribution in [0, 0.1) is 18.6 Å². The van der Waals surface area contributed by atoms with Crippen LogP contribution in [-0.4, -0.2) is 33.8 Å². The third-order valence-electron chi connectivity index (χ3n) is 5.65. The van der Waals surface area contributed by atoms with Crippen LogP contribution in [0.1, 0.15) is 41.5 Å². The van der Waals surface area contributed by atoms with Crippen molar-refractivity contribution in [3.8, 4) is 17.2 Å². The molecule has 0 bridgehead atoms. The summed E-state index contributed by atoms with van der Waals surface area (Å²) in [5.74, 6) is -0.926. The highest BCUT2D eigenvalue weighted by atomic mass is 35.5. The predicted octanol–water partition coefficient (Wildman–Crippen LogP) is 6.43. The summed E-state index contributed by atoms with van der Waals surface area (Å²) < 4.78 is 34.9. The summed E-state index contributed by atoms with van der Waals surface area (Å²) in [6.07, 6.45) is 1.44. The Labute approximate surface area is 228 Å². The van der Waals surface area contributed by atoms with Crippen LogP contribution in [0.5, 0.6) is 11.5 Å². The number of carbonyl (C=O) groups excluding carboxylic acids is 2. The lowest BCUT2D eigenvalue weighted by molar-refractivity contribution is 0.0957. The van der Waals surface area contributed by atoms with Gasteiger partial charge in [0.15, 0.2) is 0 Å². The molecule has 9 nitrogen and oxygen atoms in total. The number of aromatic nitrogens is 3. The Hall–Kier alpha value is -4.51. The molecule has 0 atom stereocenters. The van der Waals surface area contributed by atoms with Gasteiger partial charge in [0, 0.05) is 37.0 Å². The van der Waals surface area contributed by atoms with Gasteiger partial charge in [-0.05, 0) is 43.2 Å². The largest absolute Gasteiger partial charge is 0.457 e. The van der Waals surface area contributed by atoms with E-state index in [0.717, 1.165) is 18.2 Å². The molecule has 0 radical (unpaired) electrons. The maximum atomic E-state index is 13.9.